The molecule has 0 atom stereocenters. The zero-order valence-corrected chi connectivity index (χ0v) is 9.04. The van der Waals surface area contributed by atoms with E-state index in [0.717, 1.165) is 12.8 Å². The maximum absolute atomic E-state index is 11.6. The minimum Gasteiger partial charge on any atom is -0.508 e. The van der Waals surface area contributed by atoms with Crippen LogP contribution >= 0.6 is 15.9 Å². The molecule has 1 aromatic rings. The molecule has 3 nitrogen and oxygen atoms in total. The van der Waals surface area contributed by atoms with E-state index < -0.39 is 0 Å². The monoisotopic (exact) mass is 255 g/mol. The fourth-order valence-corrected chi connectivity index (χ4v) is 1.60. The third-order valence-corrected chi connectivity index (χ3v) is 2.80. The predicted octanol–water partition coefficient (Wildman–Crippen LogP) is 2.05. The Morgan fingerprint density at radius 1 is 1.50 bits per heavy atom. The second-order valence-electron chi connectivity index (χ2n) is 3.41. The van der Waals surface area contributed by atoms with Crippen LogP contribution in [0, 0.1) is 0 Å². The summed E-state index contributed by atoms with van der Waals surface area (Å²) in [5, 5.41) is 12.1. The predicted molar refractivity (Wildman–Crippen MR) is 56.3 cm³/mol. The highest BCUT2D eigenvalue weighted by atomic mass is 79.9. The van der Waals surface area contributed by atoms with Gasteiger partial charge in [0.15, 0.2) is 0 Å². The Hall–Kier alpha value is -1.03. The van der Waals surface area contributed by atoms with Gasteiger partial charge in [-0.05, 0) is 47.0 Å². The number of benzene rings is 1. The Kier molecular flexibility index (Phi) is 2.46. The second-order valence-corrected chi connectivity index (χ2v) is 4.27. The first-order valence-electron chi connectivity index (χ1n) is 4.46. The van der Waals surface area contributed by atoms with Gasteiger partial charge in [0, 0.05) is 10.5 Å². The van der Waals surface area contributed by atoms with Gasteiger partial charge in [0.1, 0.15) is 5.75 Å². The van der Waals surface area contributed by atoms with Gasteiger partial charge in [0.2, 0.25) is 0 Å². The molecule has 1 aromatic carbocycles. The lowest BCUT2D eigenvalue weighted by Crippen LogP contribution is -2.25. The molecule has 1 fully saturated rings. The number of phenolic OH excluding ortho intramolecular Hbond substituents is 1. The summed E-state index contributed by atoms with van der Waals surface area (Å²) < 4.78 is 0.702. The van der Waals surface area contributed by atoms with Crippen LogP contribution in [-0.2, 0) is 0 Å². The van der Waals surface area contributed by atoms with Crippen LogP contribution in [0.1, 0.15) is 23.2 Å². The standard InChI is InChI=1S/C10H10BrNO2/c11-9-4-3-7(13)5-8(9)10(14)12-6-1-2-6/h3-6,13H,1-2H2,(H,12,14). The molecule has 4 heteroatoms. The average Bonchev–Trinajstić information content (AvgIpc) is 2.93. The van der Waals surface area contributed by atoms with Gasteiger partial charge in [0.05, 0.1) is 5.56 Å². The molecular formula is C10H10BrNO2. The largest absolute Gasteiger partial charge is 0.508 e. The quantitative estimate of drug-likeness (QED) is 0.850. The van der Waals surface area contributed by atoms with E-state index in [1.165, 1.54) is 12.1 Å². The third kappa shape index (κ3) is 2.07. The Morgan fingerprint density at radius 3 is 2.86 bits per heavy atom. The van der Waals surface area contributed by atoms with E-state index in [-0.39, 0.29) is 11.7 Å². The number of hydrogen-bond donors (Lipinski definition) is 2. The van der Waals surface area contributed by atoms with Crippen molar-refractivity contribution in [3.8, 4) is 5.75 Å². The fourth-order valence-electron chi connectivity index (χ4n) is 1.18. The van der Waals surface area contributed by atoms with E-state index in [4.69, 9.17) is 0 Å². The number of amides is 1. The van der Waals surface area contributed by atoms with E-state index >= 15 is 0 Å². The van der Waals surface area contributed by atoms with Crippen molar-refractivity contribution >= 4 is 21.8 Å². The highest BCUT2D eigenvalue weighted by Gasteiger charge is 2.24. The Labute approximate surface area is 90.3 Å². The summed E-state index contributed by atoms with van der Waals surface area (Å²) in [7, 11) is 0. The van der Waals surface area contributed by atoms with Crippen LogP contribution in [0.2, 0.25) is 0 Å². The Balaban J connectivity index is 2.20. The SMILES string of the molecule is O=C(NC1CC1)c1cc(O)ccc1Br. The van der Waals surface area contributed by atoms with E-state index in [1.807, 2.05) is 0 Å². The number of phenols is 1. The Morgan fingerprint density at radius 2 is 2.21 bits per heavy atom. The molecule has 0 bridgehead atoms. The van der Waals surface area contributed by atoms with Gasteiger partial charge in [-0.25, -0.2) is 0 Å². The molecule has 0 aromatic heterocycles. The van der Waals surface area contributed by atoms with Gasteiger partial charge >= 0.3 is 0 Å². The topological polar surface area (TPSA) is 49.3 Å². The minimum absolute atomic E-state index is 0.106. The van der Waals surface area contributed by atoms with E-state index in [0.29, 0.717) is 16.1 Å². The van der Waals surface area contributed by atoms with Gasteiger partial charge in [-0.3, -0.25) is 4.79 Å². The fraction of sp³-hybridized carbons (Fsp3) is 0.300. The molecule has 2 rings (SSSR count). The molecule has 1 amide bonds. The van der Waals surface area contributed by atoms with Crippen molar-refractivity contribution in [2.24, 2.45) is 0 Å². The zero-order chi connectivity index (χ0) is 10.1. The van der Waals surface area contributed by atoms with Gasteiger partial charge in [-0.1, -0.05) is 0 Å². The second kappa shape index (κ2) is 3.61. The normalized spacial score (nSPS) is 15.2. The molecule has 0 radical (unpaired) electrons. The van der Waals surface area contributed by atoms with Crippen LogP contribution < -0.4 is 5.32 Å². The number of carbonyl (C=O) groups excluding carboxylic acids is 1. The van der Waals surface area contributed by atoms with Gasteiger partial charge in [-0.2, -0.15) is 0 Å². The molecule has 0 unspecified atom stereocenters. The van der Waals surface area contributed by atoms with Crippen molar-refractivity contribution in [1.82, 2.24) is 5.32 Å². The van der Waals surface area contributed by atoms with Crippen LogP contribution in [0.5, 0.6) is 5.75 Å². The molecule has 1 saturated carbocycles. The molecule has 1 aliphatic rings. The van der Waals surface area contributed by atoms with E-state index in [9.17, 15) is 9.90 Å². The smallest absolute Gasteiger partial charge is 0.252 e. The summed E-state index contributed by atoms with van der Waals surface area (Å²) in [6, 6.07) is 4.99. The highest BCUT2D eigenvalue weighted by molar-refractivity contribution is 9.10. The van der Waals surface area contributed by atoms with E-state index in [1.54, 1.807) is 6.07 Å². The molecule has 0 aliphatic heterocycles. The summed E-state index contributed by atoms with van der Waals surface area (Å²) in [6.45, 7) is 0. The molecular weight excluding hydrogens is 246 g/mol. The van der Waals surface area contributed by atoms with Crippen molar-refractivity contribution in [3.63, 3.8) is 0 Å². The maximum atomic E-state index is 11.6. The lowest BCUT2D eigenvalue weighted by Gasteiger charge is -2.05. The van der Waals surface area contributed by atoms with Crippen molar-refractivity contribution in [3.05, 3.63) is 28.2 Å². The van der Waals surface area contributed by atoms with Crippen molar-refractivity contribution < 1.29 is 9.90 Å². The van der Waals surface area contributed by atoms with Gasteiger partial charge in [0.25, 0.3) is 5.91 Å². The molecule has 0 heterocycles. The van der Waals surface area contributed by atoms with Crippen LogP contribution in [0.4, 0.5) is 0 Å². The Bertz CT molecular complexity index is 374. The van der Waals surface area contributed by atoms with Crippen molar-refractivity contribution in [2.45, 2.75) is 18.9 Å². The molecule has 14 heavy (non-hydrogen) atoms. The van der Waals surface area contributed by atoms with Crippen LogP contribution in [0.25, 0.3) is 0 Å². The maximum Gasteiger partial charge on any atom is 0.252 e. The molecule has 2 N–H and O–H groups in total. The summed E-state index contributed by atoms with van der Waals surface area (Å²) in [4.78, 5) is 11.6. The van der Waals surface area contributed by atoms with Gasteiger partial charge < -0.3 is 10.4 Å². The summed E-state index contributed by atoms with van der Waals surface area (Å²) in [5.41, 5.74) is 0.483. The number of rotatable bonds is 2. The molecule has 1 aliphatic carbocycles. The van der Waals surface area contributed by atoms with E-state index in [2.05, 4.69) is 21.2 Å². The first-order valence-corrected chi connectivity index (χ1v) is 5.25. The third-order valence-electron chi connectivity index (χ3n) is 2.11. The minimum atomic E-state index is -0.129. The molecule has 0 saturated heterocycles. The number of nitrogens with one attached hydrogen (secondary N) is 1. The zero-order valence-electron chi connectivity index (χ0n) is 7.46. The number of carbonyl (C=O) groups is 1. The molecule has 0 spiro atoms. The van der Waals surface area contributed by atoms with Crippen LogP contribution in [0.3, 0.4) is 0 Å². The number of hydrogen-bond acceptors (Lipinski definition) is 2. The number of halogens is 1. The molecule has 74 valence electrons. The first-order chi connectivity index (χ1) is 6.66. The van der Waals surface area contributed by atoms with Crippen LogP contribution in [-0.4, -0.2) is 17.1 Å². The van der Waals surface area contributed by atoms with Gasteiger partial charge in [-0.15, -0.1) is 0 Å². The first kappa shape index (κ1) is 9.52. The van der Waals surface area contributed by atoms with Crippen molar-refractivity contribution in [2.75, 3.05) is 0 Å². The number of aromatic hydroxyl groups is 1. The summed E-state index contributed by atoms with van der Waals surface area (Å²) in [5.74, 6) is -0.0237. The summed E-state index contributed by atoms with van der Waals surface area (Å²) >= 11 is 3.27. The average molecular weight is 256 g/mol. The lowest BCUT2D eigenvalue weighted by molar-refractivity contribution is 0.0950. The lowest BCUT2D eigenvalue weighted by atomic mass is 10.2. The summed E-state index contributed by atoms with van der Waals surface area (Å²) in [6.07, 6.45) is 2.12. The highest BCUT2D eigenvalue weighted by Crippen LogP contribution is 2.24. The van der Waals surface area contributed by atoms with Crippen molar-refractivity contribution in [1.29, 1.82) is 0 Å². The van der Waals surface area contributed by atoms with Crippen LogP contribution in [0.15, 0.2) is 22.7 Å².